The van der Waals surface area contributed by atoms with Crippen LogP contribution in [0.4, 0.5) is 5.69 Å². The summed E-state index contributed by atoms with van der Waals surface area (Å²) in [6, 6.07) is 16.0. The van der Waals surface area contributed by atoms with Gasteiger partial charge in [-0.25, -0.2) is 0 Å². The van der Waals surface area contributed by atoms with Crippen LogP contribution in [0.25, 0.3) is 0 Å². The Hall–Kier alpha value is -1.78. The highest BCUT2D eigenvalue weighted by Gasteiger charge is 2.24. The number of fused-ring (bicyclic) bond motifs is 1. The summed E-state index contributed by atoms with van der Waals surface area (Å²) in [4.78, 5) is 13.5. The molecule has 0 aromatic heterocycles. The van der Waals surface area contributed by atoms with Gasteiger partial charge < -0.3 is 10.6 Å². The zero-order valence-corrected chi connectivity index (χ0v) is 12.7. The number of amides is 1. The Balaban J connectivity index is 1.72. The number of carbonyl (C=O) groups is 1. The maximum atomic E-state index is 12.5. The van der Waals surface area contributed by atoms with Crippen LogP contribution in [-0.2, 0) is 17.8 Å². The number of anilines is 1. The second-order valence-corrected chi connectivity index (χ2v) is 5.94. The summed E-state index contributed by atoms with van der Waals surface area (Å²) in [5.41, 5.74) is 3.43. The van der Waals surface area contributed by atoms with Crippen molar-refractivity contribution >= 4 is 23.4 Å². The van der Waals surface area contributed by atoms with Crippen LogP contribution in [0.5, 0.6) is 0 Å². The fraction of sp³-hybridized carbons (Fsp3) is 0.235. The molecular weight excluding hydrogens is 280 g/mol. The van der Waals surface area contributed by atoms with Gasteiger partial charge in [-0.3, -0.25) is 4.79 Å². The van der Waals surface area contributed by atoms with Crippen molar-refractivity contribution in [3.05, 3.63) is 59.7 Å². The van der Waals surface area contributed by atoms with Crippen LogP contribution in [0.15, 0.2) is 53.4 Å². The van der Waals surface area contributed by atoms with E-state index >= 15 is 0 Å². The summed E-state index contributed by atoms with van der Waals surface area (Å²) in [5, 5.41) is 6.35. The van der Waals surface area contributed by atoms with E-state index in [0.717, 1.165) is 23.5 Å². The van der Waals surface area contributed by atoms with Crippen molar-refractivity contribution in [1.82, 2.24) is 5.32 Å². The summed E-state index contributed by atoms with van der Waals surface area (Å²) in [6.07, 6.45) is 2.75. The molecule has 2 N–H and O–H groups in total. The van der Waals surface area contributed by atoms with E-state index in [1.54, 1.807) is 11.8 Å². The highest BCUT2D eigenvalue weighted by Crippen LogP contribution is 2.25. The first-order valence-electron chi connectivity index (χ1n) is 7.02. The van der Waals surface area contributed by atoms with Gasteiger partial charge in [-0.2, -0.15) is 0 Å². The van der Waals surface area contributed by atoms with E-state index in [-0.39, 0.29) is 11.9 Å². The average molecular weight is 298 g/mol. The Morgan fingerprint density at radius 2 is 1.86 bits per heavy atom. The number of hydrogen-bond acceptors (Lipinski definition) is 3. The van der Waals surface area contributed by atoms with Crippen molar-refractivity contribution < 1.29 is 4.79 Å². The van der Waals surface area contributed by atoms with Crippen molar-refractivity contribution in [2.45, 2.75) is 23.9 Å². The lowest BCUT2D eigenvalue weighted by molar-refractivity contribution is -0.118. The Morgan fingerprint density at radius 1 is 1.14 bits per heavy atom. The third kappa shape index (κ3) is 3.12. The normalized spacial score (nSPS) is 17.1. The van der Waals surface area contributed by atoms with Gasteiger partial charge in [-0.05, 0) is 35.9 Å². The predicted octanol–water partition coefficient (Wildman–Crippen LogP) is 3.06. The molecule has 1 aliphatic rings. The summed E-state index contributed by atoms with van der Waals surface area (Å²) in [6.45, 7) is 0.748. The summed E-state index contributed by atoms with van der Waals surface area (Å²) >= 11 is 1.64. The molecule has 0 saturated heterocycles. The topological polar surface area (TPSA) is 41.1 Å². The Labute approximate surface area is 129 Å². The Morgan fingerprint density at radius 3 is 2.67 bits per heavy atom. The highest BCUT2D eigenvalue weighted by atomic mass is 32.2. The molecule has 0 saturated carbocycles. The molecule has 0 unspecified atom stereocenters. The molecule has 1 atom stereocenters. The van der Waals surface area contributed by atoms with Crippen molar-refractivity contribution in [3.63, 3.8) is 0 Å². The molecule has 4 heteroatoms. The molecule has 1 aliphatic heterocycles. The number of carbonyl (C=O) groups excluding carboxylic acids is 1. The lowest BCUT2D eigenvalue weighted by Gasteiger charge is -2.25. The van der Waals surface area contributed by atoms with Crippen LogP contribution in [0.1, 0.15) is 11.1 Å². The van der Waals surface area contributed by atoms with Gasteiger partial charge in [0.15, 0.2) is 0 Å². The smallest absolute Gasteiger partial charge is 0.241 e. The first-order valence-corrected chi connectivity index (χ1v) is 8.24. The Bertz CT molecular complexity index is 657. The molecule has 2 aromatic rings. The predicted molar refractivity (Wildman–Crippen MR) is 87.6 cm³/mol. The molecule has 2 aromatic carbocycles. The maximum Gasteiger partial charge on any atom is 0.241 e. The van der Waals surface area contributed by atoms with Crippen LogP contribution >= 0.6 is 11.8 Å². The van der Waals surface area contributed by atoms with Crippen molar-refractivity contribution in [1.29, 1.82) is 0 Å². The molecule has 0 spiro atoms. The van der Waals surface area contributed by atoms with Crippen LogP contribution in [0.3, 0.4) is 0 Å². The second-order valence-electron chi connectivity index (χ2n) is 5.10. The van der Waals surface area contributed by atoms with Gasteiger partial charge in [-0.1, -0.05) is 36.4 Å². The molecule has 3 rings (SSSR count). The molecule has 0 aliphatic carbocycles. The van der Waals surface area contributed by atoms with Gasteiger partial charge in [0.05, 0.1) is 11.7 Å². The van der Waals surface area contributed by atoms with Crippen molar-refractivity contribution in [2.75, 3.05) is 11.6 Å². The third-order valence-corrected chi connectivity index (χ3v) is 4.56. The average Bonchev–Trinajstić information content (AvgIpc) is 2.55. The summed E-state index contributed by atoms with van der Waals surface area (Å²) in [7, 11) is 0. The fourth-order valence-electron chi connectivity index (χ4n) is 2.61. The van der Waals surface area contributed by atoms with Gasteiger partial charge in [0.1, 0.15) is 0 Å². The van der Waals surface area contributed by atoms with E-state index < -0.39 is 0 Å². The number of nitrogens with one attached hydrogen (secondary N) is 2. The van der Waals surface area contributed by atoms with Gasteiger partial charge in [0.2, 0.25) is 5.91 Å². The minimum Gasteiger partial charge on any atom is -0.324 e. The van der Waals surface area contributed by atoms with Crippen LogP contribution in [-0.4, -0.2) is 18.2 Å². The van der Waals surface area contributed by atoms with E-state index in [0.29, 0.717) is 0 Å². The van der Waals surface area contributed by atoms with Gasteiger partial charge in [0.25, 0.3) is 0 Å². The molecule has 0 bridgehead atoms. The lowest BCUT2D eigenvalue weighted by Crippen LogP contribution is -2.44. The molecule has 1 amide bonds. The minimum absolute atomic E-state index is 0.0333. The monoisotopic (exact) mass is 298 g/mol. The number of hydrogen-bond donors (Lipinski definition) is 2. The molecular formula is C17H18N2OS. The van der Waals surface area contributed by atoms with Gasteiger partial charge in [0, 0.05) is 11.4 Å². The Kier molecular flexibility index (Phi) is 4.27. The lowest BCUT2D eigenvalue weighted by atomic mass is 9.95. The molecule has 1 heterocycles. The number of thioether (sulfide) groups is 1. The largest absolute Gasteiger partial charge is 0.324 e. The second kappa shape index (κ2) is 6.33. The van der Waals surface area contributed by atoms with Crippen LogP contribution in [0, 0.1) is 0 Å². The van der Waals surface area contributed by atoms with Crippen LogP contribution < -0.4 is 10.6 Å². The number of benzene rings is 2. The van der Waals surface area contributed by atoms with Gasteiger partial charge in [-0.15, -0.1) is 11.8 Å². The van der Waals surface area contributed by atoms with Gasteiger partial charge >= 0.3 is 0 Å². The quantitative estimate of drug-likeness (QED) is 0.856. The van der Waals surface area contributed by atoms with E-state index in [1.165, 1.54) is 11.1 Å². The van der Waals surface area contributed by atoms with E-state index in [1.807, 2.05) is 42.7 Å². The first-order chi connectivity index (χ1) is 10.3. The fourth-order valence-corrected chi connectivity index (χ4v) is 3.16. The van der Waals surface area contributed by atoms with Crippen molar-refractivity contribution in [2.24, 2.45) is 0 Å². The maximum absolute atomic E-state index is 12.5. The molecule has 21 heavy (non-hydrogen) atoms. The molecule has 0 fully saturated rings. The third-order valence-electron chi connectivity index (χ3n) is 3.76. The summed E-state index contributed by atoms with van der Waals surface area (Å²) in [5.74, 6) is 0.0333. The number of para-hydroxylation sites is 1. The summed E-state index contributed by atoms with van der Waals surface area (Å²) < 4.78 is 0. The zero-order valence-electron chi connectivity index (χ0n) is 11.9. The molecule has 0 radical (unpaired) electrons. The van der Waals surface area contributed by atoms with E-state index in [4.69, 9.17) is 0 Å². The van der Waals surface area contributed by atoms with Crippen molar-refractivity contribution in [3.8, 4) is 0 Å². The SMILES string of the molecule is CSc1ccccc1NC(=O)[C@@H]1Cc2ccccc2CN1. The molecule has 108 valence electrons. The molecule has 3 nitrogen and oxygen atoms in total. The van der Waals surface area contributed by atoms with Crippen LogP contribution in [0.2, 0.25) is 0 Å². The zero-order chi connectivity index (χ0) is 14.7. The minimum atomic E-state index is -0.171. The number of rotatable bonds is 3. The standard InChI is InChI=1S/C17H18N2OS/c1-21-16-9-5-4-8-14(16)19-17(20)15-10-12-6-2-3-7-13(12)11-18-15/h2-9,15,18H,10-11H2,1H3,(H,19,20)/t15-/m0/s1. The van der Waals surface area contributed by atoms with E-state index in [2.05, 4.69) is 22.8 Å². The highest BCUT2D eigenvalue weighted by molar-refractivity contribution is 7.98. The first kappa shape index (κ1) is 14.2. The van der Waals surface area contributed by atoms with E-state index in [9.17, 15) is 4.79 Å².